The van der Waals surface area contributed by atoms with E-state index in [1.807, 2.05) is 0 Å². The molecule has 0 heterocycles. The van der Waals surface area contributed by atoms with Gasteiger partial charge in [0.1, 0.15) is 0 Å². The van der Waals surface area contributed by atoms with Gasteiger partial charge in [-0.3, -0.25) is 4.21 Å². The predicted octanol–water partition coefficient (Wildman–Crippen LogP) is 2.43. The Morgan fingerprint density at radius 2 is 1.93 bits per heavy atom. The number of thioether (sulfide) groups is 1. The third-order valence-electron chi connectivity index (χ3n) is 2.15. The van der Waals surface area contributed by atoms with Gasteiger partial charge in [-0.1, -0.05) is 26.7 Å². The summed E-state index contributed by atoms with van der Waals surface area (Å²) in [5, 5.41) is 9.32. The Balaban J connectivity index is 3.62. The third-order valence-corrected chi connectivity index (χ3v) is 5.19. The van der Waals surface area contributed by atoms with Crippen LogP contribution in [-0.4, -0.2) is 38.4 Å². The smallest absolute Gasteiger partial charge is 0.0558 e. The van der Waals surface area contributed by atoms with Crippen LogP contribution in [0.15, 0.2) is 0 Å². The first kappa shape index (κ1) is 15.5. The van der Waals surface area contributed by atoms with Crippen molar-refractivity contribution >= 4 is 22.6 Å². The van der Waals surface area contributed by atoms with Crippen molar-refractivity contribution in [2.24, 2.45) is 0 Å². The summed E-state index contributed by atoms with van der Waals surface area (Å²) in [6.07, 6.45) is 4.50. The van der Waals surface area contributed by atoms with Gasteiger partial charge in [0, 0.05) is 27.6 Å². The summed E-state index contributed by atoms with van der Waals surface area (Å²) in [5.74, 6) is 2.53. The minimum Gasteiger partial charge on any atom is -0.395 e. The molecule has 0 unspecified atom stereocenters. The molecule has 0 aliphatic carbocycles. The van der Waals surface area contributed by atoms with Gasteiger partial charge >= 0.3 is 0 Å². The van der Waals surface area contributed by atoms with E-state index in [4.69, 9.17) is 5.11 Å². The molecule has 0 aliphatic rings. The van der Waals surface area contributed by atoms with Gasteiger partial charge in [-0.25, -0.2) is 0 Å². The molecule has 0 saturated heterocycles. The molecular weight excluding hydrogens is 228 g/mol. The maximum absolute atomic E-state index is 11.6. The standard InChI is InChI=1S/C11H24O2S2/c1-3-5-7-14-11(9-12)10-15(13)8-6-4-2/h11-12H,3-10H2,1-2H3/t11-,15+/m1/s1. The molecule has 1 N–H and O–H groups in total. The monoisotopic (exact) mass is 252 g/mol. The van der Waals surface area contributed by atoms with Gasteiger partial charge < -0.3 is 5.11 Å². The summed E-state index contributed by atoms with van der Waals surface area (Å²) in [5.41, 5.74) is 0. The lowest BCUT2D eigenvalue weighted by molar-refractivity contribution is 0.301. The number of rotatable bonds is 10. The highest BCUT2D eigenvalue weighted by atomic mass is 32.2. The second kappa shape index (κ2) is 11.0. The van der Waals surface area contributed by atoms with Crippen molar-refractivity contribution in [2.45, 2.75) is 44.8 Å². The van der Waals surface area contributed by atoms with Gasteiger partial charge in [0.05, 0.1) is 6.61 Å². The van der Waals surface area contributed by atoms with Crippen molar-refractivity contribution in [1.29, 1.82) is 0 Å². The van der Waals surface area contributed by atoms with E-state index in [2.05, 4.69) is 13.8 Å². The maximum Gasteiger partial charge on any atom is 0.0558 e. The SMILES string of the molecule is CCCCS[C@H](CO)C[S@@](=O)CCCC. The van der Waals surface area contributed by atoms with Crippen LogP contribution in [0.5, 0.6) is 0 Å². The number of hydrogen-bond donors (Lipinski definition) is 1. The molecule has 0 aromatic carbocycles. The average Bonchev–Trinajstić information content (AvgIpc) is 2.25. The Hall–Kier alpha value is 0.460. The second-order valence-electron chi connectivity index (χ2n) is 3.69. The summed E-state index contributed by atoms with van der Waals surface area (Å²) in [7, 11) is -0.736. The third kappa shape index (κ3) is 9.39. The number of hydrogen-bond acceptors (Lipinski definition) is 3. The molecule has 0 bridgehead atoms. The van der Waals surface area contributed by atoms with Crippen molar-refractivity contribution in [3.05, 3.63) is 0 Å². The zero-order valence-corrected chi connectivity index (χ0v) is 11.5. The quantitative estimate of drug-likeness (QED) is 0.607. The van der Waals surface area contributed by atoms with Crippen LogP contribution >= 0.6 is 11.8 Å². The molecule has 0 aromatic heterocycles. The van der Waals surface area contributed by atoms with Crippen LogP contribution < -0.4 is 0 Å². The van der Waals surface area contributed by atoms with Gasteiger partial charge in [-0.2, -0.15) is 11.8 Å². The molecule has 2 nitrogen and oxygen atoms in total. The topological polar surface area (TPSA) is 37.3 Å². The highest BCUT2D eigenvalue weighted by molar-refractivity contribution is 8.00. The Kier molecular flexibility index (Phi) is 11.3. The first-order valence-corrected chi connectivity index (χ1v) is 8.35. The van der Waals surface area contributed by atoms with E-state index in [1.165, 1.54) is 12.8 Å². The number of aliphatic hydroxyl groups is 1. The van der Waals surface area contributed by atoms with E-state index >= 15 is 0 Å². The second-order valence-corrected chi connectivity index (χ2v) is 6.72. The zero-order chi connectivity index (χ0) is 11.5. The van der Waals surface area contributed by atoms with Gasteiger partial charge in [0.15, 0.2) is 0 Å². The minimum atomic E-state index is -0.736. The van der Waals surface area contributed by atoms with E-state index in [1.54, 1.807) is 11.8 Å². The lowest BCUT2D eigenvalue weighted by Crippen LogP contribution is -2.20. The van der Waals surface area contributed by atoms with Crippen molar-refractivity contribution < 1.29 is 9.32 Å². The lowest BCUT2D eigenvalue weighted by Gasteiger charge is -2.12. The number of aliphatic hydroxyl groups excluding tert-OH is 1. The fourth-order valence-corrected chi connectivity index (χ4v) is 4.18. The summed E-state index contributed by atoms with van der Waals surface area (Å²) in [4.78, 5) is 0. The molecule has 0 spiro atoms. The average molecular weight is 252 g/mol. The Bertz CT molecular complexity index is 163. The predicted molar refractivity (Wildman–Crippen MR) is 71.0 cm³/mol. The summed E-state index contributed by atoms with van der Waals surface area (Å²) in [6.45, 7) is 4.43. The molecule has 2 atom stereocenters. The van der Waals surface area contributed by atoms with Gasteiger partial charge in [0.25, 0.3) is 0 Å². The van der Waals surface area contributed by atoms with Crippen LogP contribution in [0, 0.1) is 0 Å². The Morgan fingerprint density at radius 1 is 1.27 bits per heavy atom. The van der Waals surface area contributed by atoms with Gasteiger partial charge in [0.2, 0.25) is 0 Å². The van der Waals surface area contributed by atoms with E-state index < -0.39 is 10.8 Å². The Labute approximate surface area is 101 Å². The molecule has 0 radical (unpaired) electrons. The molecular formula is C11H24O2S2. The van der Waals surface area contributed by atoms with Crippen LogP contribution in [0.25, 0.3) is 0 Å². The summed E-state index contributed by atoms with van der Waals surface area (Å²) >= 11 is 1.76. The van der Waals surface area contributed by atoms with Crippen LogP contribution in [0.4, 0.5) is 0 Å². The molecule has 0 rings (SSSR count). The van der Waals surface area contributed by atoms with Crippen molar-refractivity contribution in [2.75, 3.05) is 23.9 Å². The lowest BCUT2D eigenvalue weighted by atomic mass is 10.4. The van der Waals surface area contributed by atoms with E-state index in [-0.39, 0.29) is 11.9 Å². The van der Waals surface area contributed by atoms with Crippen molar-refractivity contribution in [3.8, 4) is 0 Å². The molecule has 0 fully saturated rings. The highest BCUT2D eigenvalue weighted by Crippen LogP contribution is 2.14. The molecule has 0 aliphatic heterocycles. The highest BCUT2D eigenvalue weighted by Gasteiger charge is 2.11. The maximum atomic E-state index is 11.6. The fraction of sp³-hybridized carbons (Fsp3) is 1.00. The van der Waals surface area contributed by atoms with Crippen LogP contribution in [0.2, 0.25) is 0 Å². The minimum absolute atomic E-state index is 0.159. The van der Waals surface area contributed by atoms with Crippen LogP contribution in [-0.2, 0) is 10.8 Å². The first-order chi connectivity index (χ1) is 7.24. The van der Waals surface area contributed by atoms with Gasteiger partial charge in [-0.15, -0.1) is 0 Å². The van der Waals surface area contributed by atoms with E-state index in [9.17, 15) is 4.21 Å². The number of unbranched alkanes of at least 4 members (excludes halogenated alkanes) is 2. The summed E-state index contributed by atoms with van der Waals surface area (Å²) in [6, 6.07) is 0. The molecule has 92 valence electrons. The Morgan fingerprint density at radius 3 is 2.47 bits per heavy atom. The van der Waals surface area contributed by atoms with Crippen LogP contribution in [0.1, 0.15) is 39.5 Å². The van der Waals surface area contributed by atoms with E-state index in [0.717, 1.165) is 24.3 Å². The molecule has 0 saturated carbocycles. The van der Waals surface area contributed by atoms with Gasteiger partial charge in [-0.05, 0) is 18.6 Å². The van der Waals surface area contributed by atoms with E-state index in [0.29, 0.717) is 5.75 Å². The molecule has 15 heavy (non-hydrogen) atoms. The molecule has 0 amide bonds. The molecule has 4 heteroatoms. The summed E-state index contributed by atoms with van der Waals surface area (Å²) < 4.78 is 11.6. The molecule has 0 aromatic rings. The van der Waals surface area contributed by atoms with Crippen molar-refractivity contribution in [3.63, 3.8) is 0 Å². The first-order valence-electron chi connectivity index (χ1n) is 5.82. The largest absolute Gasteiger partial charge is 0.395 e. The zero-order valence-electron chi connectivity index (χ0n) is 9.91. The normalized spacial score (nSPS) is 15.1. The van der Waals surface area contributed by atoms with Crippen molar-refractivity contribution in [1.82, 2.24) is 0 Å². The fourth-order valence-electron chi connectivity index (χ4n) is 1.14. The van der Waals surface area contributed by atoms with Crippen LogP contribution in [0.3, 0.4) is 0 Å².